The van der Waals surface area contributed by atoms with Crippen molar-refractivity contribution < 1.29 is 28.9 Å². The predicted octanol–water partition coefficient (Wildman–Crippen LogP) is 0.685. The van der Waals surface area contributed by atoms with Gasteiger partial charge in [0, 0.05) is 29.9 Å². The fourth-order valence-electron chi connectivity index (χ4n) is 5.13. The minimum Gasteiger partial charge on any atom is -0.476 e. The zero-order chi connectivity index (χ0) is 24.7. The highest BCUT2D eigenvalue weighted by molar-refractivity contribution is 7.13. The van der Waals surface area contributed by atoms with Crippen LogP contribution in [-0.4, -0.2) is 57.7 Å². The maximum atomic E-state index is 13.1. The van der Waals surface area contributed by atoms with Gasteiger partial charge in [-0.2, -0.15) is 4.57 Å². The van der Waals surface area contributed by atoms with Gasteiger partial charge in [0.25, 0.3) is 11.8 Å². The molecule has 2 aliphatic heterocycles. The number of aromatic nitrogens is 2. The number of hydrogen-bond acceptors (Lipinski definition) is 8. The second-order valence-corrected chi connectivity index (χ2v) is 9.51. The fraction of sp³-hybridized carbons (Fsp3) is 0.391. The summed E-state index contributed by atoms with van der Waals surface area (Å²) in [7, 11) is 1.30. The van der Waals surface area contributed by atoms with Crippen molar-refractivity contribution in [3.8, 4) is 0 Å². The van der Waals surface area contributed by atoms with Gasteiger partial charge in [0.15, 0.2) is 28.4 Å². The molecule has 0 spiro atoms. The first-order valence-electron chi connectivity index (χ1n) is 11.4. The SMILES string of the molecule is CO/N=C(\C(=O)N[C@H]1C(=O)N2C(C(=O)O)=C([n+]3cccc4c3CCCC4)CCC12)c1csc(N)n1. The summed E-state index contributed by atoms with van der Waals surface area (Å²) in [4.78, 5) is 48.5. The summed E-state index contributed by atoms with van der Waals surface area (Å²) in [5, 5.41) is 18.3. The molecule has 35 heavy (non-hydrogen) atoms. The summed E-state index contributed by atoms with van der Waals surface area (Å²) in [5.74, 6) is -2.28. The van der Waals surface area contributed by atoms with Crippen LogP contribution in [0.4, 0.5) is 5.13 Å². The quantitative estimate of drug-likeness (QED) is 0.230. The number of fused-ring (bicyclic) bond motifs is 2. The van der Waals surface area contributed by atoms with E-state index in [1.807, 2.05) is 16.8 Å². The Morgan fingerprint density at radius 2 is 2.14 bits per heavy atom. The van der Waals surface area contributed by atoms with Gasteiger partial charge in [0.1, 0.15) is 18.8 Å². The number of hydrogen-bond donors (Lipinski definition) is 3. The Morgan fingerprint density at radius 3 is 2.86 bits per heavy atom. The van der Waals surface area contributed by atoms with Gasteiger partial charge in [0.2, 0.25) is 5.70 Å². The van der Waals surface area contributed by atoms with Crippen molar-refractivity contribution in [2.24, 2.45) is 5.16 Å². The molecule has 1 fully saturated rings. The van der Waals surface area contributed by atoms with Gasteiger partial charge in [-0.1, -0.05) is 5.16 Å². The Kier molecular flexibility index (Phi) is 5.97. The second-order valence-electron chi connectivity index (χ2n) is 8.62. The van der Waals surface area contributed by atoms with Gasteiger partial charge < -0.3 is 21.0 Å². The molecule has 1 unspecified atom stereocenters. The number of carboxylic acid groups (broad SMARTS) is 1. The lowest BCUT2D eigenvalue weighted by atomic mass is 9.84. The Balaban J connectivity index is 1.42. The van der Waals surface area contributed by atoms with E-state index in [4.69, 9.17) is 10.6 Å². The average Bonchev–Trinajstić information content (AvgIpc) is 3.29. The molecule has 3 aliphatic rings. The smallest absolute Gasteiger partial charge is 0.359 e. The molecule has 1 saturated heterocycles. The van der Waals surface area contributed by atoms with Crippen molar-refractivity contribution >= 4 is 45.7 Å². The molecule has 11 nitrogen and oxygen atoms in total. The van der Waals surface area contributed by atoms with Crippen molar-refractivity contribution in [1.29, 1.82) is 0 Å². The minimum absolute atomic E-state index is 0.0289. The molecule has 0 radical (unpaired) electrons. The average molecular weight is 498 g/mol. The lowest BCUT2D eigenvalue weighted by Gasteiger charge is -2.48. The highest BCUT2D eigenvalue weighted by atomic mass is 32.1. The summed E-state index contributed by atoms with van der Waals surface area (Å²) in [6.45, 7) is 0. The molecule has 1 aliphatic carbocycles. The first-order valence-corrected chi connectivity index (χ1v) is 12.2. The zero-order valence-electron chi connectivity index (χ0n) is 19.1. The Hall–Kier alpha value is -3.80. The monoisotopic (exact) mass is 497 g/mol. The molecular weight excluding hydrogens is 472 g/mol. The maximum Gasteiger partial charge on any atom is 0.359 e. The first-order chi connectivity index (χ1) is 16.9. The predicted molar refractivity (Wildman–Crippen MR) is 126 cm³/mol. The number of nitrogen functional groups attached to an aromatic ring is 1. The van der Waals surface area contributed by atoms with E-state index >= 15 is 0 Å². The number of carboxylic acids is 1. The number of anilines is 1. The lowest BCUT2D eigenvalue weighted by molar-refractivity contribution is -0.594. The third kappa shape index (κ3) is 3.93. The van der Waals surface area contributed by atoms with Crippen LogP contribution in [0.3, 0.4) is 0 Å². The molecule has 2 aromatic heterocycles. The van der Waals surface area contributed by atoms with Gasteiger partial charge in [-0.3, -0.25) is 14.5 Å². The van der Waals surface area contributed by atoms with Crippen molar-refractivity contribution in [2.45, 2.75) is 50.6 Å². The van der Waals surface area contributed by atoms with Crippen LogP contribution in [-0.2, 0) is 32.1 Å². The number of rotatable bonds is 6. The zero-order valence-corrected chi connectivity index (χ0v) is 19.9. The molecule has 2 aromatic rings. The number of aryl methyl sites for hydroxylation is 1. The normalized spacial score (nSPS) is 21.7. The van der Waals surface area contributed by atoms with E-state index in [-0.39, 0.29) is 22.2 Å². The highest BCUT2D eigenvalue weighted by Crippen LogP contribution is 2.37. The topological polar surface area (TPSA) is 151 Å². The number of β-lactam (4-membered cyclic amide) rings is 1. The van der Waals surface area contributed by atoms with Crippen molar-refractivity contribution in [1.82, 2.24) is 15.2 Å². The standard InChI is InChI=1S/C23H24N6O5S/c1-34-27-17(13-11-35-23(24)25-13)20(30)26-18-15-8-9-16(19(22(32)33)29(15)21(18)31)28-10-4-6-12-5-2-3-7-14(12)28/h4,6,10-11,15,18H,2-3,5,7-9H2,1H3,(H3-,24,25,26,30,32,33)/p+1/b27-17-/t15?,18-/m1/s1. The molecule has 182 valence electrons. The number of carbonyl (C=O) groups is 3. The van der Waals surface area contributed by atoms with Crippen molar-refractivity contribution in [2.75, 3.05) is 12.8 Å². The summed E-state index contributed by atoms with van der Waals surface area (Å²) >= 11 is 1.15. The molecule has 0 bridgehead atoms. The number of amides is 2. The molecule has 12 heteroatoms. The van der Waals surface area contributed by atoms with E-state index in [1.165, 1.54) is 17.6 Å². The van der Waals surface area contributed by atoms with E-state index < -0.39 is 29.9 Å². The Morgan fingerprint density at radius 1 is 1.34 bits per heavy atom. The van der Waals surface area contributed by atoms with Crippen LogP contribution in [0, 0.1) is 0 Å². The third-order valence-electron chi connectivity index (χ3n) is 6.66. The first kappa shape index (κ1) is 23.0. The van der Waals surface area contributed by atoms with E-state index in [0.29, 0.717) is 18.5 Å². The molecule has 0 saturated carbocycles. The number of thiazole rings is 1. The van der Waals surface area contributed by atoms with Crippen LogP contribution in [0.5, 0.6) is 0 Å². The number of carbonyl (C=O) groups excluding carboxylic acids is 2. The maximum absolute atomic E-state index is 13.1. The Bertz CT molecular complexity index is 1280. The van der Waals surface area contributed by atoms with Crippen LogP contribution in [0.15, 0.2) is 34.6 Å². The fourth-order valence-corrected chi connectivity index (χ4v) is 5.68. The third-order valence-corrected chi connectivity index (χ3v) is 7.33. The van der Waals surface area contributed by atoms with E-state index in [1.54, 1.807) is 5.38 Å². The van der Waals surface area contributed by atoms with Gasteiger partial charge in [-0.05, 0) is 31.7 Å². The molecular formula is C23H25N6O5S+. The number of nitrogens with zero attached hydrogens (tertiary/aromatic N) is 4. The number of nitrogens with two attached hydrogens (primary N) is 1. The largest absolute Gasteiger partial charge is 0.476 e. The highest BCUT2D eigenvalue weighted by Gasteiger charge is 2.55. The van der Waals surface area contributed by atoms with Gasteiger partial charge in [-0.15, -0.1) is 11.3 Å². The number of aliphatic carboxylic acids is 1. The summed E-state index contributed by atoms with van der Waals surface area (Å²) in [6, 6.07) is 2.66. The van der Waals surface area contributed by atoms with Crippen LogP contribution < -0.4 is 15.6 Å². The number of nitrogens with one attached hydrogen (secondary N) is 1. The lowest BCUT2D eigenvalue weighted by Crippen LogP contribution is -2.72. The molecule has 5 rings (SSSR count). The summed E-state index contributed by atoms with van der Waals surface area (Å²) in [6.07, 6.45) is 6.83. The molecule has 4 heterocycles. The number of allylic oxidation sites excluding steroid dienone is 1. The van der Waals surface area contributed by atoms with Crippen LogP contribution >= 0.6 is 11.3 Å². The summed E-state index contributed by atoms with van der Waals surface area (Å²) in [5.41, 5.74) is 8.68. The minimum atomic E-state index is -1.16. The Labute approximate surface area is 204 Å². The molecule has 2 amide bonds. The molecule has 2 atom stereocenters. The van der Waals surface area contributed by atoms with E-state index in [0.717, 1.165) is 42.7 Å². The van der Waals surface area contributed by atoms with E-state index in [9.17, 15) is 19.5 Å². The number of pyridine rings is 1. The van der Waals surface area contributed by atoms with Crippen LogP contribution in [0.1, 0.15) is 42.6 Å². The van der Waals surface area contributed by atoms with Crippen molar-refractivity contribution in [3.05, 3.63) is 46.4 Å². The van der Waals surface area contributed by atoms with Crippen LogP contribution in [0.2, 0.25) is 0 Å². The number of oxime groups is 1. The molecule has 4 N–H and O–H groups in total. The van der Waals surface area contributed by atoms with E-state index in [2.05, 4.69) is 21.5 Å². The van der Waals surface area contributed by atoms with Crippen molar-refractivity contribution in [3.63, 3.8) is 0 Å². The molecule has 0 aromatic carbocycles. The van der Waals surface area contributed by atoms with Gasteiger partial charge >= 0.3 is 5.97 Å². The second kappa shape index (κ2) is 9.10. The van der Waals surface area contributed by atoms with Gasteiger partial charge in [-0.25, -0.2) is 9.78 Å². The summed E-state index contributed by atoms with van der Waals surface area (Å²) < 4.78 is 1.95. The van der Waals surface area contributed by atoms with Crippen LogP contribution in [0.25, 0.3) is 5.70 Å². The van der Waals surface area contributed by atoms with Gasteiger partial charge in [0.05, 0.1) is 6.04 Å².